The van der Waals surface area contributed by atoms with Crippen molar-refractivity contribution in [1.29, 1.82) is 0 Å². The quantitative estimate of drug-likeness (QED) is 0.774. The van der Waals surface area contributed by atoms with E-state index in [9.17, 15) is 18.4 Å². The lowest BCUT2D eigenvalue weighted by Gasteiger charge is -2.08. The Morgan fingerprint density at radius 1 is 1.59 bits per heavy atom. The number of aromatic nitrogens is 1. The molecule has 0 amide bonds. The minimum Gasteiger partial charge on any atom is -0.462 e. The van der Waals surface area contributed by atoms with Crippen molar-refractivity contribution in [2.24, 2.45) is 5.73 Å². The van der Waals surface area contributed by atoms with Crippen LogP contribution < -0.4 is 11.3 Å². The topological polar surface area (TPSA) is 85.2 Å². The molecule has 0 saturated carbocycles. The Morgan fingerprint density at radius 2 is 2.24 bits per heavy atom. The third-order valence-corrected chi connectivity index (χ3v) is 2.05. The van der Waals surface area contributed by atoms with Crippen LogP contribution in [-0.2, 0) is 11.3 Å². The number of hydrogen-bond acceptors (Lipinski definition) is 4. The van der Waals surface area contributed by atoms with E-state index >= 15 is 0 Å². The molecule has 0 unspecified atom stereocenters. The highest BCUT2D eigenvalue weighted by atomic mass is 19.3. The predicted molar refractivity (Wildman–Crippen MR) is 55.9 cm³/mol. The Labute approximate surface area is 95.6 Å². The number of esters is 1. The van der Waals surface area contributed by atoms with Gasteiger partial charge in [-0.25, -0.2) is 13.6 Å². The number of pyridine rings is 1. The zero-order chi connectivity index (χ0) is 13.0. The number of H-pyrrole nitrogens is 1. The summed E-state index contributed by atoms with van der Waals surface area (Å²) in [5.41, 5.74) is 3.14. The summed E-state index contributed by atoms with van der Waals surface area (Å²) in [4.78, 5) is 25.1. The summed E-state index contributed by atoms with van der Waals surface area (Å²) in [5, 5.41) is 0. The molecule has 0 bridgehead atoms. The van der Waals surface area contributed by atoms with Gasteiger partial charge in [-0.2, -0.15) is 0 Å². The molecule has 0 aromatic carbocycles. The number of halogens is 2. The first-order chi connectivity index (χ1) is 8.01. The molecule has 1 aromatic heterocycles. The Hall–Kier alpha value is -1.76. The first-order valence-electron chi connectivity index (χ1n) is 4.92. The summed E-state index contributed by atoms with van der Waals surface area (Å²) in [6.45, 7) is 1.42. The highest BCUT2D eigenvalue weighted by Crippen LogP contribution is 2.21. The monoisotopic (exact) mass is 246 g/mol. The van der Waals surface area contributed by atoms with E-state index in [2.05, 4.69) is 9.72 Å². The second-order valence-electron chi connectivity index (χ2n) is 3.18. The molecule has 1 rings (SSSR count). The van der Waals surface area contributed by atoms with Crippen molar-refractivity contribution in [3.05, 3.63) is 33.2 Å². The molecular formula is C10H12F2N2O3. The summed E-state index contributed by atoms with van der Waals surface area (Å²) in [7, 11) is 0. The van der Waals surface area contributed by atoms with Crippen molar-refractivity contribution in [2.75, 3.05) is 6.61 Å². The van der Waals surface area contributed by atoms with Gasteiger partial charge in [0.25, 0.3) is 12.0 Å². The van der Waals surface area contributed by atoms with Gasteiger partial charge in [-0.3, -0.25) is 4.79 Å². The summed E-state index contributed by atoms with van der Waals surface area (Å²) in [6.07, 6.45) is -2.94. The minimum atomic E-state index is -2.94. The largest absolute Gasteiger partial charge is 0.462 e. The number of ether oxygens (including phenoxy) is 1. The normalized spacial score (nSPS) is 10.6. The smallest absolute Gasteiger partial charge is 0.344 e. The summed E-state index contributed by atoms with van der Waals surface area (Å²) < 4.78 is 30.0. The predicted octanol–water partition coefficient (Wildman–Crippen LogP) is 0.948. The average molecular weight is 246 g/mol. The molecule has 0 saturated heterocycles. The number of alkyl halides is 2. The number of carbonyl (C=O) groups excluding carboxylic acids is 1. The van der Waals surface area contributed by atoms with E-state index in [4.69, 9.17) is 5.73 Å². The Morgan fingerprint density at radius 3 is 2.71 bits per heavy atom. The number of nitrogens with two attached hydrogens (primary N) is 1. The van der Waals surface area contributed by atoms with Crippen molar-refractivity contribution in [3.63, 3.8) is 0 Å². The SMILES string of the molecule is CCOC(=O)c1c(C(F)F)cc(CN)[nH]c1=O. The van der Waals surface area contributed by atoms with Crippen LogP contribution in [0.1, 0.15) is 35.0 Å². The fraction of sp³-hybridized carbons (Fsp3) is 0.400. The van der Waals surface area contributed by atoms with Crippen LogP contribution in [0.5, 0.6) is 0 Å². The molecule has 0 fully saturated rings. The van der Waals surface area contributed by atoms with E-state index in [0.29, 0.717) is 0 Å². The Bertz CT molecular complexity index is 471. The summed E-state index contributed by atoms with van der Waals surface area (Å²) in [5.74, 6) is -1.06. The van der Waals surface area contributed by atoms with Gasteiger partial charge in [-0.1, -0.05) is 0 Å². The minimum absolute atomic E-state index is 0.000405. The van der Waals surface area contributed by atoms with Crippen molar-refractivity contribution < 1.29 is 18.3 Å². The number of hydrogen-bond donors (Lipinski definition) is 2. The van der Waals surface area contributed by atoms with Crippen LogP contribution in [-0.4, -0.2) is 17.6 Å². The second-order valence-corrected chi connectivity index (χ2v) is 3.18. The third-order valence-electron chi connectivity index (χ3n) is 2.05. The zero-order valence-electron chi connectivity index (χ0n) is 9.13. The van der Waals surface area contributed by atoms with E-state index in [0.717, 1.165) is 6.07 Å². The highest BCUT2D eigenvalue weighted by Gasteiger charge is 2.23. The van der Waals surface area contributed by atoms with Crippen LogP contribution >= 0.6 is 0 Å². The standard InChI is InChI=1S/C10H12F2N2O3/c1-2-17-10(16)7-6(8(11)12)3-5(4-13)14-9(7)15/h3,8H,2,4,13H2,1H3,(H,14,15). The van der Waals surface area contributed by atoms with E-state index < -0.39 is 29.1 Å². The van der Waals surface area contributed by atoms with Gasteiger partial charge < -0.3 is 15.5 Å². The van der Waals surface area contributed by atoms with Crippen LogP contribution in [0.15, 0.2) is 10.9 Å². The van der Waals surface area contributed by atoms with Crippen LogP contribution in [0.3, 0.4) is 0 Å². The van der Waals surface area contributed by atoms with E-state index in [1.165, 1.54) is 6.92 Å². The Kier molecular flexibility index (Phi) is 4.33. The van der Waals surface area contributed by atoms with Crippen molar-refractivity contribution in [2.45, 2.75) is 19.9 Å². The molecule has 7 heteroatoms. The molecular weight excluding hydrogens is 234 g/mol. The highest BCUT2D eigenvalue weighted by molar-refractivity contribution is 5.90. The maximum absolute atomic E-state index is 12.7. The lowest BCUT2D eigenvalue weighted by molar-refractivity contribution is 0.0513. The fourth-order valence-corrected chi connectivity index (χ4v) is 1.33. The average Bonchev–Trinajstić information content (AvgIpc) is 2.27. The molecule has 0 aliphatic carbocycles. The van der Waals surface area contributed by atoms with Crippen LogP contribution in [0.4, 0.5) is 8.78 Å². The van der Waals surface area contributed by atoms with Gasteiger partial charge in [0.2, 0.25) is 0 Å². The molecule has 0 aliphatic heterocycles. The van der Waals surface area contributed by atoms with Gasteiger partial charge in [0.05, 0.1) is 6.61 Å². The molecule has 1 aromatic rings. The van der Waals surface area contributed by atoms with Gasteiger partial charge in [0, 0.05) is 17.8 Å². The van der Waals surface area contributed by atoms with Crippen molar-refractivity contribution in [3.8, 4) is 0 Å². The fourth-order valence-electron chi connectivity index (χ4n) is 1.33. The van der Waals surface area contributed by atoms with Crippen LogP contribution in [0, 0.1) is 0 Å². The number of rotatable bonds is 4. The van der Waals surface area contributed by atoms with Crippen LogP contribution in [0.2, 0.25) is 0 Å². The third kappa shape index (κ3) is 2.88. The molecule has 0 atom stereocenters. The van der Waals surface area contributed by atoms with Gasteiger partial charge in [0.15, 0.2) is 0 Å². The first kappa shape index (κ1) is 13.3. The maximum Gasteiger partial charge on any atom is 0.344 e. The molecule has 94 valence electrons. The van der Waals surface area contributed by atoms with Gasteiger partial charge in [-0.05, 0) is 13.0 Å². The summed E-state index contributed by atoms with van der Waals surface area (Å²) >= 11 is 0. The lowest BCUT2D eigenvalue weighted by atomic mass is 10.1. The van der Waals surface area contributed by atoms with Gasteiger partial charge in [-0.15, -0.1) is 0 Å². The first-order valence-corrected chi connectivity index (χ1v) is 4.92. The number of aromatic amines is 1. The second kappa shape index (κ2) is 5.53. The lowest BCUT2D eigenvalue weighted by Crippen LogP contribution is -2.24. The molecule has 0 radical (unpaired) electrons. The maximum atomic E-state index is 12.7. The zero-order valence-corrected chi connectivity index (χ0v) is 9.13. The van der Waals surface area contributed by atoms with Crippen LogP contribution in [0.25, 0.3) is 0 Å². The van der Waals surface area contributed by atoms with E-state index in [1.54, 1.807) is 0 Å². The molecule has 1 heterocycles. The van der Waals surface area contributed by atoms with Gasteiger partial charge >= 0.3 is 5.97 Å². The molecule has 5 nitrogen and oxygen atoms in total. The van der Waals surface area contributed by atoms with Crippen molar-refractivity contribution in [1.82, 2.24) is 4.98 Å². The number of carbonyl (C=O) groups is 1. The molecule has 0 aliphatic rings. The molecule has 17 heavy (non-hydrogen) atoms. The summed E-state index contributed by atoms with van der Waals surface area (Å²) in [6, 6.07) is 0.998. The van der Waals surface area contributed by atoms with Gasteiger partial charge in [0.1, 0.15) is 5.56 Å². The molecule has 3 N–H and O–H groups in total. The Balaban J connectivity index is 3.37. The van der Waals surface area contributed by atoms with E-state index in [1.807, 2.05) is 0 Å². The van der Waals surface area contributed by atoms with E-state index in [-0.39, 0.29) is 18.8 Å². The number of nitrogens with one attached hydrogen (secondary N) is 1. The van der Waals surface area contributed by atoms with Crippen molar-refractivity contribution >= 4 is 5.97 Å². The molecule has 0 spiro atoms.